The van der Waals surface area contributed by atoms with Crippen LogP contribution in [0.25, 0.3) is 0 Å². The van der Waals surface area contributed by atoms with Crippen molar-refractivity contribution in [2.75, 3.05) is 20.8 Å². The Hall–Kier alpha value is -1.22. The monoisotopic (exact) mass is 263 g/mol. The summed E-state index contributed by atoms with van der Waals surface area (Å²) in [6.45, 7) is 5.65. The second-order valence-electron chi connectivity index (χ2n) is 5.37. The minimum atomic E-state index is 0.593. The van der Waals surface area contributed by atoms with Gasteiger partial charge in [0.2, 0.25) is 0 Å². The fourth-order valence-electron chi connectivity index (χ4n) is 2.92. The zero-order valence-electron chi connectivity index (χ0n) is 12.4. The Morgan fingerprint density at radius 3 is 2.63 bits per heavy atom. The van der Waals surface area contributed by atoms with Crippen molar-refractivity contribution in [1.29, 1.82) is 0 Å². The molecule has 3 unspecified atom stereocenters. The molecule has 0 amide bonds. The van der Waals surface area contributed by atoms with E-state index in [1.165, 1.54) is 18.4 Å². The summed E-state index contributed by atoms with van der Waals surface area (Å²) in [7, 11) is 3.42. The molecule has 1 aliphatic carbocycles. The van der Waals surface area contributed by atoms with Gasteiger partial charge in [0.1, 0.15) is 11.5 Å². The predicted molar refractivity (Wildman–Crippen MR) is 78.1 cm³/mol. The molecule has 3 nitrogen and oxygen atoms in total. The van der Waals surface area contributed by atoms with Crippen LogP contribution in [0.5, 0.6) is 11.5 Å². The van der Waals surface area contributed by atoms with Crippen molar-refractivity contribution >= 4 is 0 Å². The summed E-state index contributed by atoms with van der Waals surface area (Å²) in [4.78, 5) is 0. The van der Waals surface area contributed by atoms with Crippen molar-refractivity contribution in [1.82, 2.24) is 5.32 Å². The largest absolute Gasteiger partial charge is 0.497 e. The smallest absolute Gasteiger partial charge is 0.126 e. The zero-order valence-corrected chi connectivity index (χ0v) is 12.4. The van der Waals surface area contributed by atoms with Gasteiger partial charge < -0.3 is 14.8 Å². The van der Waals surface area contributed by atoms with E-state index in [1.54, 1.807) is 14.2 Å². The van der Waals surface area contributed by atoms with E-state index in [0.717, 1.165) is 18.0 Å². The summed E-state index contributed by atoms with van der Waals surface area (Å²) in [5, 5.41) is 3.61. The maximum atomic E-state index is 5.51. The van der Waals surface area contributed by atoms with Gasteiger partial charge in [-0.15, -0.1) is 0 Å². The lowest BCUT2D eigenvalue weighted by Crippen LogP contribution is -2.48. The van der Waals surface area contributed by atoms with E-state index in [0.29, 0.717) is 17.9 Å². The molecule has 1 saturated carbocycles. The second kappa shape index (κ2) is 6.29. The van der Waals surface area contributed by atoms with Crippen LogP contribution in [0, 0.1) is 5.92 Å². The molecule has 0 radical (unpaired) electrons. The Morgan fingerprint density at radius 2 is 2.05 bits per heavy atom. The first-order valence-electron chi connectivity index (χ1n) is 7.16. The lowest BCUT2D eigenvalue weighted by Gasteiger charge is -2.44. The van der Waals surface area contributed by atoms with Crippen molar-refractivity contribution in [2.24, 2.45) is 5.92 Å². The number of methoxy groups -OCH3 is 2. The molecule has 2 rings (SSSR count). The van der Waals surface area contributed by atoms with Crippen molar-refractivity contribution in [3.05, 3.63) is 23.8 Å². The minimum Gasteiger partial charge on any atom is -0.497 e. The van der Waals surface area contributed by atoms with E-state index in [9.17, 15) is 0 Å². The van der Waals surface area contributed by atoms with E-state index in [-0.39, 0.29) is 0 Å². The summed E-state index contributed by atoms with van der Waals surface area (Å²) in [6.07, 6.45) is 2.39. The van der Waals surface area contributed by atoms with Gasteiger partial charge in [0, 0.05) is 12.1 Å². The highest BCUT2D eigenvalue weighted by atomic mass is 16.5. The topological polar surface area (TPSA) is 30.5 Å². The number of ether oxygens (including phenoxy) is 2. The average molecular weight is 263 g/mol. The highest BCUT2D eigenvalue weighted by Gasteiger charge is 2.39. The van der Waals surface area contributed by atoms with Crippen molar-refractivity contribution in [3.63, 3.8) is 0 Å². The molecule has 1 aliphatic rings. The summed E-state index contributed by atoms with van der Waals surface area (Å²) >= 11 is 0. The normalized spacial score (nSPS) is 25.8. The third-order valence-corrected chi connectivity index (χ3v) is 4.27. The lowest BCUT2D eigenvalue weighted by atomic mass is 9.67. The first-order chi connectivity index (χ1) is 9.21. The van der Waals surface area contributed by atoms with Crippen LogP contribution in [0.2, 0.25) is 0 Å². The second-order valence-corrected chi connectivity index (χ2v) is 5.37. The number of hydrogen-bond donors (Lipinski definition) is 1. The summed E-state index contributed by atoms with van der Waals surface area (Å²) in [5.74, 6) is 3.06. The van der Waals surface area contributed by atoms with Gasteiger partial charge >= 0.3 is 0 Å². The maximum Gasteiger partial charge on any atom is 0.126 e. The molecule has 0 heterocycles. The standard InChI is InChI=1S/C16H25NO2/c1-5-8-17-15-10-14(11(15)2)13-7-6-12(18-3)9-16(13)19-4/h6-7,9,11,14-15,17H,5,8,10H2,1-4H3. The fourth-order valence-corrected chi connectivity index (χ4v) is 2.92. The molecular weight excluding hydrogens is 238 g/mol. The molecule has 1 N–H and O–H groups in total. The number of nitrogens with one attached hydrogen (secondary N) is 1. The van der Waals surface area contributed by atoms with Crippen LogP contribution in [0.1, 0.15) is 38.2 Å². The van der Waals surface area contributed by atoms with E-state index >= 15 is 0 Å². The Kier molecular flexibility index (Phi) is 4.70. The van der Waals surface area contributed by atoms with Crippen molar-refractivity contribution in [2.45, 2.75) is 38.6 Å². The highest BCUT2D eigenvalue weighted by molar-refractivity contribution is 5.44. The van der Waals surface area contributed by atoms with Gasteiger partial charge in [-0.2, -0.15) is 0 Å². The molecule has 0 aromatic heterocycles. The molecule has 0 aliphatic heterocycles. The van der Waals surface area contributed by atoms with Crippen LogP contribution in [0.15, 0.2) is 18.2 Å². The maximum absolute atomic E-state index is 5.51. The van der Waals surface area contributed by atoms with Crippen LogP contribution in [0.3, 0.4) is 0 Å². The predicted octanol–water partition coefficient (Wildman–Crippen LogP) is 3.20. The van der Waals surface area contributed by atoms with Crippen LogP contribution in [-0.2, 0) is 0 Å². The third-order valence-electron chi connectivity index (χ3n) is 4.27. The molecular formula is C16H25NO2. The molecule has 3 heteroatoms. The van der Waals surface area contributed by atoms with E-state index in [1.807, 2.05) is 12.1 Å². The van der Waals surface area contributed by atoms with Crippen molar-refractivity contribution < 1.29 is 9.47 Å². The molecule has 1 fully saturated rings. The van der Waals surface area contributed by atoms with Crippen LogP contribution in [0.4, 0.5) is 0 Å². The number of hydrogen-bond acceptors (Lipinski definition) is 3. The quantitative estimate of drug-likeness (QED) is 0.855. The average Bonchev–Trinajstić information content (AvgIpc) is 2.45. The summed E-state index contributed by atoms with van der Waals surface area (Å²) in [6, 6.07) is 6.80. The lowest BCUT2D eigenvalue weighted by molar-refractivity contribution is 0.181. The zero-order chi connectivity index (χ0) is 13.8. The Bertz CT molecular complexity index is 419. The van der Waals surface area contributed by atoms with E-state index < -0.39 is 0 Å². The van der Waals surface area contributed by atoms with E-state index in [4.69, 9.17) is 9.47 Å². The first-order valence-corrected chi connectivity index (χ1v) is 7.16. The fraction of sp³-hybridized carbons (Fsp3) is 0.625. The van der Waals surface area contributed by atoms with Gasteiger partial charge in [-0.05, 0) is 42.9 Å². The van der Waals surface area contributed by atoms with Gasteiger partial charge in [-0.3, -0.25) is 0 Å². The SMILES string of the molecule is CCCNC1CC(c2ccc(OC)cc2OC)C1C. The van der Waals surface area contributed by atoms with E-state index in [2.05, 4.69) is 25.2 Å². The third kappa shape index (κ3) is 2.86. The molecule has 0 saturated heterocycles. The first kappa shape index (κ1) is 14.2. The highest BCUT2D eigenvalue weighted by Crippen LogP contribution is 2.46. The van der Waals surface area contributed by atoms with Gasteiger partial charge in [0.15, 0.2) is 0 Å². The summed E-state index contributed by atoms with van der Waals surface area (Å²) < 4.78 is 10.8. The molecule has 106 valence electrons. The Labute approximate surface area is 116 Å². The Morgan fingerprint density at radius 1 is 1.26 bits per heavy atom. The molecule has 0 spiro atoms. The van der Waals surface area contributed by atoms with Crippen LogP contribution < -0.4 is 14.8 Å². The molecule has 1 aromatic carbocycles. The van der Waals surface area contributed by atoms with Gasteiger partial charge in [0.05, 0.1) is 14.2 Å². The molecule has 3 atom stereocenters. The molecule has 19 heavy (non-hydrogen) atoms. The summed E-state index contributed by atoms with van der Waals surface area (Å²) in [5.41, 5.74) is 1.31. The van der Waals surface area contributed by atoms with Crippen LogP contribution >= 0.6 is 0 Å². The van der Waals surface area contributed by atoms with Gasteiger partial charge in [-0.1, -0.05) is 19.9 Å². The van der Waals surface area contributed by atoms with Gasteiger partial charge in [-0.25, -0.2) is 0 Å². The molecule has 0 bridgehead atoms. The number of rotatable bonds is 6. The van der Waals surface area contributed by atoms with Crippen LogP contribution in [-0.4, -0.2) is 26.8 Å². The van der Waals surface area contributed by atoms with Crippen molar-refractivity contribution in [3.8, 4) is 11.5 Å². The minimum absolute atomic E-state index is 0.593. The van der Waals surface area contributed by atoms with Gasteiger partial charge in [0.25, 0.3) is 0 Å². The number of benzene rings is 1. The Balaban J connectivity index is 2.07. The molecule has 1 aromatic rings.